The molecule has 0 aromatic carbocycles. The van der Waals surface area contributed by atoms with E-state index in [1.54, 1.807) is 18.8 Å². The van der Waals surface area contributed by atoms with E-state index in [-0.39, 0.29) is 57.4 Å². The van der Waals surface area contributed by atoms with Gasteiger partial charge in [0.1, 0.15) is 0 Å². The van der Waals surface area contributed by atoms with Gasteiger partial charge in [-0.25, -0.2) is 0 Å². The predicted octanol–water partition coefficient (Wildman–Crippen LogP) is -0.550. The van der Waals surface area contributed by atoms with E-state index in [1.807, 2.05) is 13.2 Å². The molecule has 0 aromatic rings. The first-order chi connectivity index (χ1) is 5.90. The molecule has 0 heterocycles. The maximum atomic E-state index is 12.1. The molecule has 7 heteroatoms. The third-order valence-electron chi connectivity index (χ3n) is 1.95. The zero-order valence-corrected chi connectivity index (χ0v) is 13.2. The Balaban J connectivity index is 0. The summed E-state index contributed by atoms with van der Waals surface area (Å²) in [7, 11) is 1.54. The Morgan fingerprint density at radius 2 is 1.86 bits per heavy atom. The standard InChI is InChI=1S/C7H16BF3NS.K/c1-4-7(5-13-3)12(2)6-8(9,10)11;/h7H,4-6H2,1-3H3;/q-1;+1. The van der Waals surface area contributed by atoms with Crippen LogP contribution in [0.3, 0.4) is 0 Å². The number of thioether (sulfide) groups is 1. The summed E-state index contributed by atoms with van der Waals surface area (Å²) in [5, 5.41) is 0. The molecule has 1 unspecified atom stereocenters. The van der Waals surface area contributed by atoms with Crippen molar-refractivity contribution in [3.8, 4) is 0 Å². The number of hydrogen-bond acceptors (Lipinski definition) is 2. The van der Waals surface area contributed by atoms with Gasteiger partial charge in [0.05, 0.1) is 0 Å². The van der Waals surface area contributed by atoms with E-state index in [2.05, 4.69) is 0 Å². The molecule has 0 fully saturated rings. The van der Waals surface area contributed by atoms with Gasteiger partial charge < -0.3 is 17.8 Å². The van der Waals surface area contributed by atoms with E-state index < -0.39 is 13.4 Å². The Morgan fingerprint density at radius 3 is 2.14 bits per heavy atom. The topological polar surface area (TPSA) is 3.24 Å². The fourth-order valence-electron chi connectivity index (χ4n) is 1.22. The minimum atomic E-state index is -4.68. The van der Waals surface area contributed by atoms with Crippen molar-refractivity contribution in [2.24, 2.45) is 0 Å². The Hall–Kier alpha value is 1.80. The van der Waals surface area contributed by atoms with Crippen LogP contribution >= 0.6 is 11.8 Å². The maximum absolute atomic E-state index is 12.1. The smallest absolute Gasteiger partial charge is 0.448 e. The largest absolute Gasteiger partial charge is 1.00 e. The third kappa shape index (κ3) is 9.06. The molecule has 14 heavy (non-hydrogen) atoms. The first kappa shape index (κ1) is 18.2. The Kier molecular flexibility index (Phi) is 11.5. The summed E-state index contributed by atoms with van der Waals surface area (Å²) in [6, 6.07) is 0.0403. The first-order valence-electron chi connectivity index (χ1n) is 4.31. The van der Waals surface area contributed by atoms with Crippen molar-refractivity contribution in [3.63, 3.8) is 0 Å². The second kappa shape index (κ2) is 8.90. The Bertz CT molecular complexity index is 147. The van der Waals surface area contributed by atoms with Crippen LogP contribution in [-0.2, 0) is 0 Å². The van der Waals surface area contributed by atoms with E-state index in [4.69, 9.17) is 0 Å². The van der Waals surface area contributed by atoms with E-state index in [0.29, 0.717) is 0 Å². The molecule has 0 spiro atoms. The molecule has 0 bridgehead atoms. The van der Waals surface area contributed by atoms with Crippen molar-refractivity contribution < 1.29 is 64.3 Å². The van der Waals surface area contributed by atoms with E-state index in [0.717, 1.165) is 12.2 Å². The normalized spacial score (nSPS) is 13.9. The van der Waals surface area contributed by atoms with Crippen molar-refractivity contribution >= 4 is 18.7 Å². The number of rotatable bonds is 6. The maximum Gasteiger partial charge on any atom is 1.00 e. The summed E-state index contributed by atoms with van der Waals surface area (Å²) < 4.78 is 36.2. The summed E-state index contributed by atoms with van der Waals surface area (Å²) in [6.07, 6.45) is 1.93. The molecule has 0 N–H and O–H groups in total. The van der Waals surface area contributed by atoms with Crippen LogP contribution in [0.4, 0.5) is 12.9 Å². The molecule has 1 nitrogen and oxygen atoms in total. The molecule has 0 aliphatic rings. The number of nitrogens with zero attached hydrogens (tertiary/aromatic N) is 1. The Morgan fingerprint density at radius 1 is 1.36 bits per heavy atom. The first-order valence-corrected chi connectivity index (χ1v) is 5.70. The zero-order chi connectivity index (χ0) is 10.5. The molecule has 0 saturated heterocycles. The van der Waals surface area contributed by atoms with Crippen LogP contribution in [0.1, 0.15) is 13.3 Å². The Labute approximate surface area is 131 Å². The molecular formula is C7H16BF3KNS. The SMILES string of the molecule is CCC(CSC)N(C)C[B-](F)(F)F.[K+]. The van der Waals surface area contributed by atoms with Crippen molar-refractivity contribution in [3.05, 3.63) is 0 Å². The molecule has 0 amide bonds. The van der Waals surface area contributed by atoms with Gasteiger partial charge in [-0.15, -0.1) is 0 Å². The van der Waals surface area contributed by atoms with Gasteiger partial charge >= 0.3 is 58.4 Å². The van der Waals surface area contributed by atoms with Gasteiger partial charge in [-0.2, -0.15) is 11.8 Å². The molecule has 0 radical (unpaired) electrons. The van der Waals surface area contributed by atoms with Crippen molar-refractivity contribution in [1.82, 2.24) is 4.90 Å². The van der Waals surface area contributed by atoms with Crippen LogP contribution in [0.2, 0.25) is 0 Å². The minimum Gasteiger partial charge on any atom is -0.448 e. The summed E-state index contributed by atoms with van der Waals surface area (Å²) >= 11 is 1.59. The van der Waals surface area contributed by atoms with Gasteiger partial charge in [0, 0.05) is 11.8 Å². The van der Waals surface area contributed by atoms with Crippen LogP contribution in [0.25, 0.3) is 0 Å². The number of hydrogen-bond donors (Lipinski definition) is 0. The van der Waals surface area contributed by atoms with Gasteiger partial charge in [0.15, 0.2) is 0 Å². The van der Waals surface area contributed by atoms with Gasteiger partial charge in [-0.3, -0.25) is 0 Å². The average molecular weight is 253 g/mol. The summed E-state index contributed by atoms with van der Waals surface area (Å²) in [6.45, 7) is -2.76. The minimum absolute atomic E-state index is 0. The van der Waals surface area contributed by atoms with Crippen LogP contribution in [0.5, 0.6) is 0 Å². The van der Waals surface area contributed by atoms with Gasteiger partial charge in [0.25, 0.3) is 0 Å². The fourth-order valence-corrected chi connectivity index (χ4v) is 2.10. The zero-order valence-electron chi connectivity index (χ0n) is 9.27. The molecule has 0 rings (SSSR count). The third-order valence-corrected chi connectivity index (χ3v) is 2.67. The molecular weight excluding hydrogens is 237 g/mol. The van der Waals surface area contributed by atoms with Crippen LogP contribution in [-0.4, -0.2) is 43.4 Å². The summed E-state index contributed by atoms with van der Waals surface area (Å²) in [5.41, 5.74) is 0. The second-order valence-electron chi connectivity index (χ2n) is 3.17. The molecule has 0 aromatic heterocycles. The van der Waals surface area contributed by atoms with E-state index in [1.165, 1.54) is 4.90 Å². The van der Waals surface area contributed by atoms with Gasteiger partial charge in [0.2, 0.25) is 0 Å². The molecule has 80 valence electrons. The second-order valence-corrected chi connectivity index (χ2v) is 4.08. The van der Waals surface area contributed by atoms with E-state index in [9.17, 15) is 12.9 Å². The average Bonchev–Trinajstić information content (AvgIpc) is 1.96. The molecule has 1 atom stereocenters. The van der Waals surface area contributed by atoms with Crippen molar-refractivity contribution in [2.45, 2.75) is 19.4 Å². The number of halogens is 3. The monoisotopic (exact) mass is 253 g/mol. The van der Waals surface area contributed by atoms with Crippen molar-refractivity contribution in [2.75, 3.05) is 25.5 Å². The molecule has 0 aliphatic heterocycles. The summed E-state index contributed by atoms with van der Waals surface area (Å²) in [4.78, 5) is 1.40. The molecule has 0 saturated carbocycles. The van der Waals surface area contributed by atoms with Crippen LogP contribution in [0.15, 0.2) is 0 Å². The fraction of sp³-hybridized carbons (Fsp3) is 1.00. The quantitative estimate of drug-likeness (QED) is 0.584. The summed E-state index contributed by atoms with van der Waals surface area (Å²) in [5.74, 6) is 0.763. The van der Waals surface area contributed by atoms with Gasteiger partial charge in [-0.05, 0) is 26.2 Å². The van der Waals surface area contributed by atoms with E-state index >= 15 is 0 Å². The van der Waals surface area contributed by atoms with Crippen LogP contribution in [0, 0.1) is 0 Å². The molecule has 0 aliphatic carbocycles. The predicted molar refractivity (Wildman–Crippen MR) is 54.2 cm³/mol. The van der Waals surface area contributed by atoms with Crippen molar-refractivity contribution in [1.29, 1.82) is 0 Å². The van der Waals surface area contributed by atoms with Gasteiger partial charge in [-0.1, -0.05) is 6.92 Å². The van der Waals surface area contributed by atoms with Crippen LogP contribution < -0.4 is 51.4 Å².